The minimum absolute atomic E-state index is 0.0317. The molecule has 182 valence electrons. The van der Waals surface area contributed by atoms with Crippen LogP contribution in [-0.2, 0) is 21.2 Å². The lowest BCUT2D eigenvalue weighted by atomic mass is 10.0. The second-order valence-electron chi connectivity index (χ2n) is 8.98. The first-order chi connectivity index (χ1) is 16.2. The van der Waals surface area contributed by atoms with E-state index in [1.807, 2.05) is 44.2 Å². The zero-order chi connectivity index (χ0) is 24.5. The van der Waals surface area contributed by atoms with Crippen LogP contribution in [0.1, 0.15) is 25.8 Å². The molecule has 0 radical (unpaired) electrons. The molecule has 3 amide bonds. The number of anilines is 1. The van der Waals surface area contributed by atoms with Gasteiger partial charge >= 0.3 is 6.03 Å². The summed E-state index contributed by atoms with van der Waals surface area (Å²) in [5, 5.41) is 1.99. The lowest BCUT2D eigenvalue weighted by molar-refractivity contribution is -0.120. The molecule has 2 aromatic carbocycles. The number of nitrogens with zero attached hydrogens (tertiary/aromatic N) is 1. The fourth-order valence-electron chi connectivity index (χ4n) is 4.15. The number of likely N-dealkylation sites (N-methyl/N-ethyl adjacent to an activating group) is 1. The molecule has 0 bridgehead atoms. The molecular weight excluding hydrogens is 458 g/mol. The summed E-state index contributed by atoms with van der Waals surface area (Å²) in [6.45, 7) is 4.03. The van der Waals surface area contributed by atoms with Crippen LogP contribution in [0.2, 0.25) is 0 Å². The van der Waals surface area contributed by atoms with Crippen molar-refractivity contribution in [3.8, 4) is 11.5 Å². The molecule has 2 N–H and O–H groups in total. The molecule has 10 heteroatoms. The Bertz CT molecular complexity index is 1170. The molecule has 0 spiro atoms. The normalized spacial score (nSPS) is 19.4. The Hall–Kier alpha value is -3.27. The summed E-state index contributed by atoms with van der Waals surface area (Å²) >= 11 is 0. The van der Waals surface area contributed by atoms with Crippen molar-refractivity contribution in [1.82, 2.24) is 10.0 Å². The van der Waals surface area contributed by atoms with E-state index in [9.17, 15) is 18.0 Å². The number of hydrogen-bond acceptors (Lipinski definition) is 6. The standard InChI is InChI=1S/C24H29N3O6S/c1-15(2)18-13-22(18)34(30,31)26-24(29)25-19(11-16-7-5-4-6-8-16)23(28)27(3)17-9-10-20-21(12-17)33-14-32-20/h4-10,12,15,18-19,22H,11,13-14H2,1-3H3,(H2,25,26,29)/t18?,19-,22?/m0/s1. The topological polar surface area (TPSA) is 114 Å². The Balaban J connectivity index is 1.49. The van der Waals surface area contributed by atoms with Crippen LogP contribution in [0.5, 0.6) is 11.5 Å². The van der Waals surface area contributed by atoms with E-state index < -0.39 is 33.3 Å². The third kappa shape index (κ3) is 5.27. The summed E-state index contributed by atoms with van der Waals surface area (Å²) in [7, 11) is -2.23. The largest absolute Gasteiger partial charge is 0.454 e. The van der Waals surface area contributed by atoms with Crippen molar-refractivity contribution in [2.75, 3.05) is 18.7 Å². The first-order valence-electron chi connectivity index (χ1n) is 11.2. The van der Waals surface area contributed by atoms with Gasteiger partial charge in [0.15, 0.2) is 11.5 Å². The van der Waals surface area contributed by atoms with Gasteiger partial charge in [-0.3, -0.25) is 4.79 Å². The SMILES string of the molecule is CC(C)C1CC1S(=O)(=O)NC(=O)N[C@@H](Cc1ccccc1)C(=O)N(C)c1ccc2c(c1)OCO2. The summed E-state index contributed by atoms with van der Waals surface area (Å²) < 4.78 is 38.0. The predicted octanol–water partition coefficient (Wildman–Crippen LogP) is 2.66. The van der Waals surface area contributed by atoms with E-state index in [1.165, 1.54) is 4.90 Å². The van der Waals surface area contributed by atoms with Crippen molar-refractivity contribution in [3.05, 3.63) is 54.1 Å². The highest BCUT2D eigenvalue weighted by atomic mass is 32.2. The summed E-state index contributed by atoms with van der Waals surface area (Å²) in [4.78, 5) is 27.5. The third-order valence-electron chi connectivity index (χ3n) is 6.23. The van der Waals surface area contributed by atoms with Gasteiger partial charge in [0.2, 0.25) is 22.7 Å². The van der Waals surface area contributed by atoms with Gasteiger partial charge < -0.3 is 19.7 Å². The molecule has 4 rings (SSSR count). The Morgan fingerprint density at radius 2 is 1.79 bits per heavy atom. The van der Waals surface area contributed by atoms with E-state index in [1.54, 1.807) is 25.2 Å². The Morgan fingerprint density at radius 3 is 2.47 bits per heavy atom. The zero-order valence-corrected chi connectivity index (χ0v) is 20.2. The van der Waals surface area contributed by atoms with Crippen molar-refractivity contribution in [1.29, 1.82) is 0 Å². The molecule has 1 aliphatic carbocycles. The average molecular weight is 488 g/mol. The van der Waals surface area contributed by atoms with Crippen molar-refractivity contribution in [3.63, 3.8) is 0 Å². The van der Waals surface area contributed by atoms with Crippen molar-refractivity contribution in [2.45, 2.75) is 38.0 Å². The van der Waals surface area contributed by atoms with Crippen LogP contribution in [0.3, 0.4) is 0 Å². The van der Waals surface area contributed by atoms with Crippen LogP contribution in [-0.4, -0.2) is 45.5 Å². The van der Waals surface area contributed by atoms with Gasteiger partial charge in [-0.2, -0.15) is 0 Å². The van der Waals surface area contributed by atoms with Gasteiger partial charge in [-0.1, -0.05) is 44.2 Å². The lowest BCUT2D eigenvalue weighted by Gasteiger charge is -2.25. The first kappa shape index (κ1) is 23.9. The molecule has 1 saturated carbocycles. The summed E-state index contributed by atoms with van der Waals surface area (Å²) in [6, 6.07) is 12.4. The van der Waals surface area contributed by atoms with Gasteiger partial charge in [0.05, 0.1) is 5.25 Å². The van der Waals surface area contributed by atoms with E-state index in [0.717, 1.165) is 5.56 Å². The number of sulfonamides is 1. The van der Waals surface area contributed by atoms with Gasteiger partial charge in [-0.05, 0) is 36.0 Å². The molecule has 1 aliphatic heterocycles. The van der Waals surface area contributed by atoms with Crippen LogP contribution in [0.15, 0.2) is 48.5 Å². The van der Waals surface area contributed by atoms with Gasteiger partial charge in [-0.25, -0.2) is 17.9 Å². The number of nitrogens with one attached hydrogen (secondary N) is 2. The quantitative estimate of drug-likeness (QED) is 0.592. The molecule has 1 heterocycles. The summed E-state index contributed by atoms with van der Waals surface area (Å²) in [6.07, 6.45) is 0.722. The van der Waals surface area contributed by atoms with Crippen LogP contribution in [0.4, 0.5) is 10.5 Å². The number of fused-ring (bicyclic) bond motifs is 1. The highest BCUT2D eigenvalue weighted by Crippen LogP contribution is 2.42. The molecule has 0 saturated heterocycles. The first-order valence-corrected chi connectivity index (χ1v) is 12.7. The fraction of sp³-hybridized carbons (Fsp3) is 0.417. The van der Waals surface area contributed by atoms with E-state index in [4.69, 9.17) is 9.47 Å². The minimum atomic E-state index is -3.82. The van der Waals surface area contributed by atoms with Crippen molar-refractivity contribution >= 4 is 27.6 Å². The van der Waals surface area contributed by atoms with Gasteiger partial charge in [0.1, 0.15) is 6.04 Å². The van der Waals surface area contributed by atoms with Crippen molar-refractivity contribution in [2.24, 2.45) is 11.8 Å². The van der Waals surface area contributed by atoms with Crippen LogP contribution < -0.4 is 24.4 Å². The van der Waals surface area contributed by atoms with Crippen molar-refractivity contribution < 1.29 is 27.5 Å². The monoisotopic (exact) mass is 487 g/mol. The number of benzene rings is 2. The number of urea groups is 1. The van der Waals surface area contributed by atoms with Crippen LogP contribution in [0, 0.1) is 11.8 Å². The summed E-state index contributed by atoms with van der Waals surface area (Å²) in [5.74, 6) is 0.962. The molecule has 2 aliphatic rings. The van der Waals surface area contributed by atoms with Gasteiger partial charge in [0.25, 0.3) is 0 Å². The lowest BCUT2D eigenvalue weighted by Crippen LogP contribution is -2.53. The van der Waals surface area contributed by atoms with Crippen LogP contribution in [0.25, 0.3) is 0 Å². The molecule has 0 aromatic heterocycles. The smallest absolute Gasteiger partial charge is 0.329 e. The molecule has 3 atom stereocenters. The number of carbonyl (C=O) groups is 2. The Kier molecular flexibility index (Phi) is 6.70. The van der Waals surface area contributed by atoms with E-state index >= 15 is 0 Å². The molecule has 34 heavy (non-hydrogen) atoms. The zero-order valence-electron chi connectivity index (χ0n) is 19.4. The fourth-order valence-corrected chi connectivity index (χ4v) is 5.86. The van der Waals surface area contributed by atoms with Gasteiger partial charge in [-0.15, -0.1) is 0 Å². The third-order valence-corrected chi connectivity index (χ3v) is 8.04. The maximum Gasteiger partial charge on any atom is 0.329 e. The number of amides is 3. The van der Waals surface area contributed by atoms with Gasteiger partial charge in [0, 0.05) is 25.2 Å². The Labute approximate surface area is 199 Å². The number of rotatable bonds is 8. The van der Waals surface area contributed by atoms with E-state index in [0.29, 0.717) is 23.6 Å². The maximum atomic E-state index is 13.4. The second kappa shape index (κ2) is 9.54. The maximum absolute atomic E-state index is 13.4. The molecular formula is C24H29N3O6S. The number of ether oxygens (including phenoxy) is 2. The number of carbonyl (C=O) groups excluding carboxylic acids is 2. The van der Waals surface area contributed by atoms with E-state index in [-0.39, 0.29) is 25.0 Å². The average Bonchev–Trinajstić information content (AvgIpc) is 3.50. The molecule has 2 aromatic rings. The minimum Gasteiger partial charge on any atom is -0.454 e. The summed E-state index contributed by atoms with van der Waals surface area (Å²) in [5.41, 5.74) is 1.38. The highest BCUT2D eigenvalue weighted by Gasteiger charge is 2.49. The Morgan fingerprint density at radius 1 is 1.09 bits per heavy atom. The highest BCUT2D eigenvalue weighted by molar-refractivity contribution is 7.91. The molecule has 9 nitrogen and oxygen atoms in total. The van der Waals surface area contributed by atoms with E-state index in [2.05, 4.69) is 10.0 Å². The van der Waals surface area contributed by atoms with Crippen LogP contribution >= 0.6 is 0 Å². The number of hydrogen-bond donors (Lipinski definition) is 2. The molecule has 1 fully saturated rings. The predicted molar refractivity (Wildman–Crippen MR) is 127 cm³/mol. The second-order valence-corrected chi connectivity index (χ2v) is 10.9. The molecule has 2 unspecified atom stereocenters.